The van der Waals surface area contributed by atoms with Crippen molar-refractivity contribution >= 4 is 5.91 Å². The predicted molar refractivity (Wildman–Crippen MR) is 77.7 cm³/mol. The van der Waals surface area contributed by atoms with Crippen molar-refractivity contribution in [2.24, 2.45) is 0 Å². The number of amides is 1. The monoisotopic (exact) mass is 272 g/mol. The van der Waals surface area contributed by atoms with Gasteiger partial charge in [0.2, 0.25) is 0 Å². The van der Waals surface area contributed by atoms with Crippen LogP contribution in [-0.4, -0.2) is 28.9 Å². The maximum atomic E-state index is 12.4. The average Bonchev–Trinajstić information content (AvgIpc) is 2.86. The number of likely N-dealkylation sites (N-methyl/N-ethyl adjacent to an activating group) is 1. The number of hydrogen-bond donors (Lipinski definition) is 0. The van der Waals surface area contributed by atoms with Crippen LogP contribution in [0.5, 0.6) is 0 Å². The molecule has 2 rings (SSSR count). The van der Waals surface area contributed by atoms with Crippen molar-refractivity contribution in [3.8, 4) is 0 Å². The fraction of sp³-hybridized carbons (Fsp3) is 0.375. The minimum atomic E-state index is -0.0164. The normalized spacial score (nSPS) is 12.2. The highest BCUT2D eigenvalue weighted by Crippen LogP contribution is 2.15. The second-order valence-corrected chi connectivity index (χ2v) is 5.13. The number of hydrogen-bond acceptors (Lipinski definition) is 3. The van der Waals surface area contributed by atoms with Gasteiger partial charge in [-0.15, -0.1) is 0 Å². The van der Waals surface area contributed by atoms with Crippen molar-refractivity contribution in [2.45, 2.75) is 33.2 Å². The number of nitrogens with zero attached hydrogens (tertiary/aromatic N) is 2. The van der Waals surface area contributed by atoms with E-state index in [-0.39, 0.29) is 11.9 Å². The lowest BCUT2D eigenvalue weighted by Gasteiger charge is -2.25. The number of pyridine rings is 1. The number of rotatable bonds is 4. The largest absolute Gasteiger partial charge is 0.469 e. The van der Waals surface area contributed by atoms with Crippen LogP contribution in [0.1, 0.15) is 34.3 Å². The van der Waals surface area contributed by atoms with E-state index in [4.69, 9.17) is 4.42 Å². The number of furan rings is 1. The Morgan fingerprint density at radius 3 is 2.75 bits per heavy atom. The summed E-state index contributed by atoms with van der Waals surface area (Å²) in [6.07, 6.45) is 4.08. The van der Waals surface area contributed by atoms with E-state index >= 15 is 0 Å². The standard InChI is InChI=1S/C16H20N2O2/c1-11-6-5-8-17-15(11)10-12(2)18(4)16(19)14-7-9-20-13(14)3/h5-9,12H,10H2,1-4H3/t12-/m0/s1. The van der Waals surface area contributed by atoms with Gasteiger partial charge in [-0.05, 0) is 38.5 Å². The Morgan fingerprint density at radius 1 is 1.40 bits per heavy atom. The van der Waals surface area contributed by atoms with Crippen molar-refractivity contribution in [3.05, 3.63) is 53.2 Å². The van der Waals surface area contributed by atoms with Gasteiger partial charge in [0.05, 0.1) is 11.8 Å². The maximum absolute atomic E-state index is 12.4. The van der Waals surface area contributed by atoms with E-state index in [9.17, 15) is 4.79 Å². The highest BCUT2D eigenvalue weighted by atomic mass is 16.3. The summed E-state index contributed by atoms with van der Waals surface area (Å²) in [5, 5.41) is 0. The van der Waals surface area contributed by atoms with Crippen molar-refractivity contribution < 1.29 is 9.21 Å². The molecule has 0 aliphatic carbocycles. The van der Waals surface area contributed by atoms with Gasteiger partial charge in [-0.2, -0.15) is 0 Å². The number of aromatic nitrogens is 1. The van der Waals surface area contributed by atoms with Crippen LogP contribution in [0.2, 0.25) is 0 Å². The van der Waals surface area contributed by atoms with Crippen molar-refractivity contribution in [3.63, 3.8) is 0 Å². The van der Waals surface area contributed by atoms with E-state index in [0.29, 0.717) is 11.3 Å². The lowest BCUT2D eigenvalue weighted by atomic mass is 10.1. The van der Waals surface area contributed by atoms with Gasteiger partial charge in [0, 0.05) is 31.4 Å². The number of aryl methyl sites for hydroxylation is 2. The van der Waals surface area contributed by atoms with Gasteiger partial charge in [0.1, 0.15) is 5.76 Å². The molecule has 0 radical (unpaired) electrons. The lowest BCUT2D eigenvalue weighted by molar-refractivity contribution is 0.0741. The van der Waals surface area contributed by atoms with E-state index in [1.54, 1.807) is 30.4 Å². The highest BCUT2D eigenvalue weighted by molar-refractivity contribution is 5.95. The van der Waals surface area contributed by atoms with E-state index in [0.717, 1.165) is 17.7 Å². The molecule has 0 aromatic carbocycles. The summed E-state index contributed by atoms with van der Waals surface area (Å²) in [5.74, 6) is 0.639. The van der Waals surface area contributed by atoms with Crippen LogP contribution in [0.4, 0.5) is 0 Å². The Labute approximate surface area is 119 Å². The summed E-state index contributed by atoms with van der Waals surface area (Å²) >= 11 is 0. The molecule has 0 saturated carbocycles. The molecule has 0 fully saturated rings. The van der Waals surface area contributed by atoms with Crippen LogP contribution in [-0.2, 0) is 6.42 Å². The minimum absolute atomic E-state index is 0.0164. The van der Waals surface area contributed by atoms with Crippen LogP contribution in [0.25, 0.3) is 0 Å². The van der Waals surface area contributed by atoms with Gasteiger partial charge in [-0.1, -0.05) is 6.07 Å². The van der Waals surface area contributed by atoms with Crippen LogP contribution >= 0.6 is 0 Å². The third kappa shape index (κ3) is 2.90. The van der Waals surface area contributed by atoms with Gasteiger partial charge < -0.3 is 9.32 Å². The Balaban J connectivity index is 2.09. The lowest BCUT2D eigenvalue weighted by Crippen LogP contribution is -2.36. The van der Waals surface area contributed by atoms with Crippen molar-refractivity contribution in [2.75, 3.05) is 7.05 Å². The molecule has 0 N–H and O–H groups in total. The molecule has 106 valence electrons. The SMILES string of the molecule is Cc1cccnc1C[C@H](C)N(C)C(=O)c1ccoc1C. The molecule has 4 heteroatoms. The van der Waals surface area contributed by atoms with Crippen LogP contribution in [0.15, 0.2) is 35.1 Å². The van der Waals surface area contributed by atoms with E-state index in [1.807, 2.05) is 33.0 Å². The molecule has 2 aromatic heterocycles. The Kier molecular flexibility index (Phi) is 4.23. The van der Waals surface area contributed by atoms with Gasteiger partial charge in [0.15, 0.2) is 0 Å². The van der Waals surface area contributed by atoms with E-state index < -0.39 is 0 Å². The zero-order valence-electron chi connectivity index (χ0n) is 12.4. The molecule has 2 aromatic rings. The first kappa shape index (κ1) is 14.3. The first-order chi connectivity index (χ1) is 9.50. The molecule has 20 heavy (non-hydrogen) atoms. The van der Waals surface area contributed by atoms with Gasteiger partial charge in [-0.3, -0.25) is 9.78 Å². The molecule has 4 nitrogen and oxygen atoms in total. The van der Waals surface area contributed by atoms with Crippen LogP contribution in [0, 0.1) is 13.8 Å². The summed E-state index contributed by atoms with van der Waals surface area (Å²) in [6, 6.07) is 5.75. The first-order valence-corrected chi connectivity index (χ1v) is 6.72. The summed E-state index contributed by atoms with van der Waals surface area (Å²) < 4.78 is 5.19. The minimum Gasteiger partial charge on any atom is -0.469 e. The second kappa shape index (κ2) is 5.90. The number of carbonyl (C=O) groups is 1. The predicted octanol–water partition coefficient (Wildman–Crippen LogP) is 2.99. The van der Waals surface area contributed by atoms with Gasteiger partial charge in [-0.25, -0.2) is 0 Å². The summed E-state index contributed by atoms with van der Waals surface area (Å²) in [7, 11) is 1.82. The summed E-state index contributed by atoms with van der Waals surface area (Å²) in [4.78, 5) is 18.5. The topological polar surface area (TPSA) is 46.3 Å². The maximum Gasteiger partial charge on any atom is 0.257 e. The van der Waals surface area contributed by atoms with Gasteiger partial charge in [0.25, 0.3) is 5.91 Å². The number of carbonyl (C=O) groups excluding carboxylic acids is 1. The molecular formula is C16H20N2O2. The average molecular weight is 272 g/mol. The molecular weight excluding hydrogens is 252 g/mol. The Morgan fingerprint density at radius 2 is 2.15 bits per heavy atom. The molecule has 0 saturated heterocycles. The van der Waals surface area contributed by atoms with Gasteiger partial charge >= 0.3 is 0 Å². The van der Waals surface area contributed by atoms with E-state index in [2.05, 4.69) is 4.98 Å². The molecule has 1 amide bonds. The van der Waals surface area contributed by atoms with Crippen molar-refractivity contribution in [1.82, 2.24) is 9.88 Å². The molecule has 0 spiro atoms. The summed E-state index contributed by atoms with van der Waals surface area (Å²) in [6.45, 7) is 5.87. The molecule has 0 unspecified atom stereocenters. The fourth-order valence-corrected chi connectivity index (χ4v) is 2.15. The third-order valence-corrected chi connectivity index (χ3v) is 3.68. The quantitative estimate of drug-likeness (QED) is 0.859. The van der Waals surface area contributed by atoms with Crippen molar-refractivity contribution in [1.29, 1.82) is 0 Å². The Hall–Kier alpha value is -2.10. The fourth-order valence-electron chi connectivity index (χ4n) is 2.15. The zero-order valence-corrected chi connectivity index (χ0v) is 12.4. The molecule has 0 aliphatic heterocycles. The summed E-state index contributed by atoms with van der Waals surface area (Å²) in [5.41, 5.74) is 2.81. The third-order valence-electron chi connectivity index (χ3n) is 3.68. The van der Waals surface area contributed by atoms with E-state index in [1.165, 1.54) is 0 Å². The van der Waals surface area contributed by atoms with Crippen LogP contribution in [0.3, 0.4) is 0 Å². The zero-order chi connectivity index (χ0) is 14.7. The highest BCUT2D eigenvalue weighted by Gasteiger charge is 2.21. The second-order valence-electron chi connectivity index (χ2n) is 5.13. The Bertz CT molecular complexity index is 604. The molecule has 1 atom stereocenters. The first-order valence-electron chi connectivity index (χ1n) is 6.72. The van der Waals surface area contributed by atoms with Crippen LogP contribution < -0.4 is 0 Å². The molecule has 0 aliphatic rings. The molecule has 0 bridgehead atoms. The smallest absolute Gasteiger partial charge is 0.257 e. The molecule has 2 heterocycles.